The zero-order valence-electron chi connectivity index (χ0n) is 19.7. The molecule has 37 heavy (non-hydrogen) atoms. The number of nitrogens with zero attached hydrogens (tertiary/aromatic N) is 2. The standard InChI is InChI=1S/C23H21ClN4O8S/c1-14(29)36-23-21(34-2)10-15(11-22(23)35-3)13-25-26-19-9-8-18(12-20(19)28(30)31)37(32,33)27-17-6-4-16(24)5-7-17/h4-13,26-27H,1-3H3. The summed E-state index contributed by atoms with van der Waals surface area (Å²) >= 11 is 5.81. The number of hydrogen-bond acceptors (Lipinski definition) is 10. The van der Waals surface area contributed by atoms with Gasteiger partial charge >= 0.3 is 5.97 Å². The van der Waals surface area contributed by atoms with E-state index in [9.17, 15) is 23.3 Å². The molecule has 2 N–H and O–H groups in total. The molecule has 0 saturated carbocycles. The Morgan fingerprint density at radius 1 is 1.05 bits per heavy atom. The molecular formula is C23H21ClN4O8S. The monoisotopic (exact) mass is 548 g/mol. The molecular weight excluding hydrogens is 528 g/mol. The molecule has 12 nitrogen and oxygen atoms in total. The molecule has 0 unspecified atom stereocenters. The van der Waals surface area contributed by atoms with E-state index in [1.807, 2.05) is 0 Å². The predicted octanol–water partition coefficient (Wildman–Crippen LogP) is 4.44. The van der Waals surface area contributed by atoms with E-state index in [0.29, 0.717) is 10.6 Å². The van der Waals surface area contributed by atoms with E-state index in [2.05, 4.69) is 15.2 Å². The van der Waals surface area contributed by atoms with Gasteiger partial charge in [-0.3, -0.25) is 25.1 Å². The maximum Gasteiger partial charge on any atom is 0.308 e. The summed E-state index contributed by atoms with van der Waals surface area (Å²) in [7, 11) is -1.36. The van der Waals surface area contributed by atoms with E-state index in [1.54, 1.807) is 0 Å². The number of carbonyl (C=O) groups excluding carboxylic acids is 1. The summed E-state index contributed by atoms with van der Waals surface area (Å²) in [5.74, 6) is -0.0856. The molecule has 0 aliphatic heterocycles. The van der Waals surface area contributed by atoms with Crippen LogP contribution in [0.4, 0.5) is 17.1 Å². The summed E-state index contributed by atoms with van der Waals surface area (Å²) < 4.78 is 43.4. The van der Waals surface area contributed by atoms with Gasteiger partial charge in [0.25, 0.3) is 15.7 Å². The number of rotatable bonds is 10. The molecule has 194 valence electrons. The highest BCUT2D eigenvalue weighted by molar-refractivity contribution is 7.92. The molecule has 3 aromatic carbocycles. The second-order valence-electron chi connectivity index (χ2n) is 7.27. The number of hydrogen-bond donors (Lipinski definition) is 2. The summed E-state index contributed by atoms with van der Waals surface area (Å²) in [4.78, 5) is 21.9. The Labute approximate surface area is 217 Å². The number of nitrogens with one attached hydrogen (secondary N) is 2. The van der Waals surface area contributed by atoms with Crippen LogP contribution < -0.4 is 24.4 Å². The maximum absolute atomic E-state index is 12.7. The van der Waals surface area contributed by atoms with Crippen molar-refractivity contribution >= 4 is 50.9 Å². The minimum Gasteiger partial charge on any atom is -0.493 e. The molecule has 0 amide bonds. The van der Waals surface area contributed by atoms with Crippen molar-refractivity contribution in [3.05, 3.63) is 75.3 Å². The number of carbonyl (C=O) groups is 1. The third-order valence-corrected chi connectivity index (χ3v) is 6.33. The van der Waals surface area contributed by atoms with Gasteiger partial charge in [0.05, 0.1) is 30.3 Å². The quantitative estimate of drug-likeness (QED) is 0.123. The molecule has 0 aliphatic carbocycles. The van der Waals surface area contributed by atoms with Crippen LogP contribution in [0, 0.1) is 10.1 Å². The number of nitro benzene ring substituents is 1. The molecule has 0 radical (unpaired) electrons. The number of ether oxygens (including phenoxy) is 3. The van der Waals surface area contributed by atoms with Gasteiger partial charge in [0, 0.05) is 29.3 Å². The average Bonchev–Trinajstić information content (AvgIpc) is 2.85. The summed E-state index contributed by atoms with van der Waals surface area (Å²) in [5, 5.41) is 16.0. The second-order valence-corrected chi connectivity index (χ2v) is 9.39. The van der Waals surface area contributed by atoms with Gasteiger partial charge in [0.1, 0.15) is 5.69 Å². The van der Waals surface area contributed by atoms with Crippen LogP contribution >= 0.6 is 11.6 Å². The number of halogens is 1. The van der Waals surface area contributed by atoms with Crippen LogP contribution in [0.2, 0.25) is 5.02 Å². The summed E-state index contributed by atoms with van der Waals surface area (Å²) in [6.07, 6.45) is 1.32. The lowest BCUT2D eigenvalue weighted by molar-refractivity contribution is -0.384. The van der Waals surface area contributed by atoms with Crippen LogP contribution in [-0.2, 0) is 14.8 Å². The number of methoxy groups -OCH3 is 2. The Morgan fingerprint density at radius 2 is 1.68 bits per heavy atom. The summed E-state index contributed by atoms with van der Waals surface area (Å²) in [5.41, 5.74) is 2.65. The fourth-order valence-electron chi connectivity index (χ4n) is 3.05. The van der Waals surface area contributed by atoms with E-state index >= 15 is 0 Å². The van der Waals surface area contributed by atoms with Crippen LogP contribution in [0.5, 0.6) is 17.2 Å². The van der Waals surface area contributed by atoms with Crippen LogP contribution in [-0.4, -0.2) is 39.7 Å². The smallest absolute Gasteiger partial charge is 0.308 e. The van der Waals surface area contributed by atoms with E-state index in [-0.39, 0.29) is 33.5 Å². The van der Waals surface area contributed by atoms with Crippen molar-refractivity contribution in [2.24, 2.45) is 5.10 Å². The highest BCUT2D eigenvalue weighted by atomic mass is 35.5. The van der Waals surface area contributed by atoms with Gasteiger partial charge in [-0.05, 0) is 48.5 Å². The van der Waals surface area contributed by atoms with Crippen molar-refractivity contribution in [3.63, 3.8) is 0 Å². The van der Waals surface area contributed by atoms with E-state index in [4.69, 9.17) is 25.8 Å². The number of esters is 1. The summed E-state index contributed by atoms with van der Waals surface area (Å²) in [6.45, 7) is 1.23. The lowest BCUT2D eigenvalue weighted by Gasteiger charge is -2.13. The molecule has 0 aromatic heterocycles. The minimum atomic E-state index is -4.12. The SMILES string of the molecule is COc1cc(C=NNc2ccc(S(=O)(=O)Nc3ccc(Cl)cc3)cc2[N+](=O)[O-])cc(OC)c1OC(C)=O. The van der Waals surface area contributed by atoms with Crippen LogP contribution in [0.1, 0.15) is 12.5 Å². The summed E-state index contributed by atoms with van der Waals surface area (Å²) in [6, 6.07) is 12.3. The first-order valence-corrected chi connectivity index (χ1v) is 12.2. The Hall–Kier alpha value is -4.36. The zero-order valence-corrected chi connectivity index (χ0v) is 21.3. The first-order chi connectivity index (χ1) is 17.5. The fourth-order valence-corrected chi connectivity index (χ4v) is 4.26. The van der Waals surface area contributed by atoms with Crippen molar-refractivity contribution in [2.75, 3.05) is 24.4 Å². The van der Waals surface area contributed by atoms with Crippen LogP contribution in [0.25, 0.3) is 0 Å². The van der Waals surface area contributed by atoms with E-state index in [0.717, 1.165) is 6.07 Å². The van der Waals surface area contributed by atoms with Gasteiger partial charge in [-0.25, -0.2) is 8.42 Å². The first kappa shape index (κ1) is 27.2. The van der Waals surface area contributed by atoms with Crippen molar-refractivity contribution in [3.8, 4) is 17.2 Å². The number of anilines is 2. The number of sulfonamides is 1. The first-order valence-electron chi connectivity index (χ1n) is 10.3. The van der Waals surface area contributed by atoms with Gasteiger partial charge in [-0.1, -0.05) is 11.6 Å². The van der Waals surface area contributed by atoms with Gasteiger partial charge in [0.2, 0.25) is 5.75 Å². The molecule has 0 atom stereocenters. The lowest BCUT2D eigenvalue weighted by atomic mass is 10.2. The molecule has 14 heteroatoms. The lowest BCUT2D eigenvalue weighted by Crippen LogP contribution is -2.13. The largest absolute Gasteiger partial charge is 0.493 e. The van der Waals surface area contributed by atoms with E-state index < -0.39 is 26.6 Å². The van der Waals surface area contributed by atoms with Gasteiger partial charge in [-0.2, -0.15) is 5.10 Å². The minimum absolute atomic E-state index is 0.0536. The van der Waals surface area contributed by atoms with Crippen molar-refractivity contribution in [2.45, 2.75) is 11.8 Å². The number of nitro groups is 1. The zero-order chi connectivity index (χ0) is 27.2. The normalized spacial score (nSPS) is 11.1. The van der Waals surface area contributed by atoms with Crippen LogP contribution in [0.15, 0.2) is 64.6 Å². The van der Waals surface area contributed by atoms with Gasteiger partial charge in [-0.15, -0.1) is 0 Å². The third kappa shape index (κ3) is 6.86. The Kier molecular flexibility index (Phi) is 8.52. The average molecular weight is 549 g/mol. The Morgan fingerprint density at radius 3 is 2.22 bits per heavy atom. The molecule has 0 fully saturated rings. The molecule has 0 bridgehead atoms. The highest BCUT2D eigenvalue weighted by Gasteiger charge is 2.22. The number of benzene rings is 3. The molecule has 3 aromatic rings. The van der Waals surface area contributed by atoms with E-state index in [1.165, 1.54) is 75.9 Å². The molecule has 0 saturated heterocycles. The Bertz CT molecular complexity index is 1440. The van der Waals surface area contributed by atoms with Gasteiger partial charge < -0.3 is 14.2 Å². The van der Waals surface area contributed by atoms with Gasteiger partial charge in [0.15, 0.2) is 11.5 Å². The molecule has 0 spiro atoms. The molecule has 3 rings (SSSR count). The predicted molar refractivity (Wildman–Crippen MR) is 137 cm³/mol. The number of hydrazone groups is 1. The maximum atomic E-state index is 12.7. The van der Waals surface area contributed by atoms with Crippen molar-refractivity contribution in [1.29, 1.82) is 0 Å². The fraction of sp³-hybridized carbons (Fsp3) is 0.130. The second kappa shape index (κ2) is 11.6. The van der Waals surface area contributed by atoms with Crippen molar-refractivity contribution < 1.29 is 32.3 Å². The topological polar surface area (TPSA) is 158 Å². The molecule has 0 heterocycles. The van der Waals surface area contributed by atoms with Crippen molar-refractivity contribution in [1.82, 2.24) is 0 Å². The Balaban J connectivity index is 1.85. The third-order valence-electron chi connectivity index (χ3n) is 4.70. The highest BCUT2D eigenvalue weighted by Crippen LogP contribution is 2.38. The molecule has 0 aliphatic rings. The van der Waals surface area contributed by atoms with Crippen LogP contribution in [0.3, 0.4) is 0 Å².